The lowest BCUT2D eigenvalue weighted by Gasteiger charge is -2.04. The smallest absolute Gasteiger partial charge is 0.151 e. The molecule has 0 aliphatic heterocycles. The molecule has 1 rings (SSSR count). The van der Waals surface area contributed by atoms with E-state index < -0.39 is 0 Å². The Hall–Kier alpha value is -0.870. The lowest BCUT2D eigenvalue weighted by atomic mass is 10.2. The number of aromatic nitrogens is 2. The van der Waals surface area contributed by atoms with Gasteiger partial charge in [-0.3, -0.25) is 0 Å². The Morgan fingerprint density at radius 2 is 2.13 bits per heavy atom. The largest absolute Gasteiger partial charge is 0.385 e. The Labute approximate surface area is 95.0 Å². The van der Waals surface area contributed by atoms with Crippen LogP contribution in [0.25, 0.3) is 0 Å². The van der Waals surface area contributed by atoms with Crippen LogP contribution < -0.4 is 5.32 Å². The summed E-state index contributed by atoms with van der Waals surface area (Å²) < 4.78 is 4.96. The van der Waals surface area contributed by atoms with E-state index in [1.807, 2.05) is 6.07 Å². The zero-order valence-electron chi connectivity index (χ0n) is 8.87. The van der Waals surface area contributed by atoms with Crippen molar-refractivity contribution >= 4 is 17.4 Å². The van der Waals surface area contributed by atoms with Crippen molar-refractivity contribution in [3.05, 3.63) is 17.3 Å². The fourth-order valence-corrected chi connectivity index (χ4v) is 1.28. The highest BCUT2D eigenvalue weighted by Crippen LogP contribution is 2.06. The number of rotatable bonds is 7. The zero-order chi connectivity index (χ0) is 10.9. The molecule has 0 unspecified atom stereocenters. The molecule has 0 spiro atoms. The average molecular weight is 230 g/mol. The highest BCUT2D eigenvalue weighted by Gasteiger charge is 1.94. The third-order valence-electron chi connectivity index (χ3n) is 1.96. The van der Waals surface area contributed by atoms with Gasteiger partial charge in [-0.2, -0.15) is 0 Å². The molecule has 0 saturated carbocycles. The van der Waals surface area contributed by atoms with Crippen molar-refractivity contribution in [2.24, 2.45) is 0 Å². The second kappa shape index (κ2) is 7.43. The molecule has 4 nitrogen and oxygen atoms in total. The van der Waals surface area contributed by atoms with Crippen LogP contribution >= 0.6 is 11.6 Å². The van der Waals surface area contributed by atoms with Crippen molar-refractivity contribution in [3.63, 3.8) is 0 Å². The van der Waals surface area contributed by atoms with E-state index >= 15 is 0 Å². The third kappa shape index (κ3) is 5.54. The SMILES string of the molecule is COCCCCCNc1ccc(Cl)nn1. The summed E-state index contributed by atoms with van der Waals surface area (Å²) >= 11 is 5.61. The molecule has 1 N–H and O–H groups in total. The molecule has 84 valence electrons. The number of hydrogen-bond acceptors (Lipinski definition) is 4. The van der Waals surface area contributed by atoms with Crippen LogP contribution in [-0.2, 0) is 4.74 Å². The minimum absolute atomic E-state index is 0.417. The Bertz CT molecular complexity index is 266. The molecule has 15 heavy (non-hydrogen) atoms. The molecule has 0 aliphatic carbocycles. The lowest BCUT2D eigenvalue weighted by Crippen LogP contribution is -2.04. The van der Waals surface area contributed by atoms with E-state index in [1.54, 1.807) is 13.2 Å². The lowest BCUT2D eigenvalue weighted by molar-refractivity contribution is 0.192. The van der Waals surface area contributed by atoms with Gasteiger partial charge in [0.25, 0.3) is 0 Å². The molecule has 0 aliphatic rings. The molecule has 0 aromatic carbocycles. The third-order valence-corrected chi connectivity index (χ3v) is 2.16. The predicted molar refractivity (Wildman–Crippen MR) is 61.3 cm³/mol. The predicted octanol–water partition coefficient (Wildman–Crippen LogP) is 2.36. The molecule has 1 heterocycles. The van der Waals surface area contributed by atoms with Crippen LogP contribution in [0.3, 0.4) is 0 Å². The maximum Gasteiger partial charge on any atom is 0.151 e. The standard InChI is InChI=1S/C10H16ClN3O/c1-15-8-4-2-3-7-12-10-6-5-9(11)13-14-10/h5-6H,2-4,7-8H2,1H3,(H,12,14). The summed E-state index contributed by atoms with van der Waals surface area (Å²) in [5, 5.41) is 11.2. The summed E-state index contributed by atoms with van der Waals surface area (Å²) in [5.74, 6) is 0.770. The monoisotopic (exact) mass is 229 g/mol. The minimum atomic E-state index is 0.417. The summed E-state index contributed by atoms with van der Waals surface area (Å²) in [6, 6.07) is 3.55. The normalized spacial score (nSPS) is 10.3. The highest BCUT2D eigenvalue weighted by molar-refractivity contribution is 6.29. The molecule has 5 heteroatoms. The van der Waals surface area contributed by atoms with Crippen LogP contribution in [0, 0.1) is 0 Å². The average Bonchev–Trinajstić information content (AvgIpc) is 2.26. The first kappa shape index (κ1) is 12.2. The highest BCUT2D eigenvalue weighted by atomic mass is 35.5. The fraction of sp³-hybridized carbons (Fsp3) is 0.600. The molecule has 0 fully saturated rings. The Kier molecular flexibility index (Phi) is 6.04. The number of anilines is 1. The topological polar surface area (TPSA) is 47.0 Å². The second-order valence-corrected chi connectivity index (χ2v) is 3.61. The van der Waals surface area contributed by atoms with E-state index in [4.69, 9.17) is 16.3 Å². The van der Waals surface area contributed by atoms with Crippen molar-refractivity contribution in [3.8, 4) is 0 Å². The molecule has 0 atom stereocenters. The molecule has 1 aromatic heterocycles. The summed E-state index contributed by atoms with van der Waals surface area (Å²) in [4.78, 5) is 0. The van der Waals surface area contributed by atoms with E-state index in [-0.39, 0.29) is 0 Å². The minimum Gasteiger partial charge on any atom is -0.385 e. The number of ether oxygens (including phenoxy) is 1. The quantitative estimate of drug-likeness (QED) is 0.730. The first-order valence-corrected chi connectivity index (χ1v) is 5.43. The molecule has 0 radical (unpaired) electrons. The van der Waals surface area contributed by atoms with Crippen molar-refractivity contribution in [2.45, 2.75) is 19.3 Å². The number of unbranched alkanes of at least 4 members (excludes halogenated alkanes) is 2. The van der Waals surface area contributed by atoms with Gasteiger partial charge < -0.3 is 10.1 Å². The molecule has 0 saturated heterocycles. The van der Waals surface area contributed by atoms with Gasteiger partial charge in [0.05, 0.1) is 0 Å². The van der Waals surface area contributed by atoms with Gasteiger partial charge >= 0.3 is 0 Å². The van der Waals surface area contributed by atoms with E-state index in [1.165, 1.54) is 0 Å². The van der Waals surface area contributed by atoms with Crippen molar-refractivity contribution in [2.75, 3.05) is 25.6 Å². The van der Waals surface area contributed by atoms with E-state index in [0.717, 1.165) is 38.2 Å². The van der Waals surface area contributed by atoms with Gasteiger partial charge in [0, 0.05) is 20.3 Å². The first-order valence-electron chi connectivity index (χ1n) is 5.05. The number of nitrogens with zero attached hydrogens (tertiary/aromatic N) is 2. The number of nitrogens with one attached hydrogen (secondary N) is 1. The second-order valence-electron chi connectivity index (χ2n) is 3.22. The van der Waals surface area contributed by atoms with E-state index in [9.17, 15) is 0 Å². The van der Waals surface area contributed by atoms with Crippen LogP contribution in [0.5, 0.6) is 0 Å². The summed E-state index contributed by atoms with van der Waals surface area (Å²) in [5.41, 5.74) is 0. The van der Waals surface area contributed by atoms with Crippen molar-refractivity contribution in [1.82, 2.24) is 10.2 Å². The molecule has 1 aromatic rings. The van der Waals surface area contributed by atoms with E-state index in [0.29, 0.717) is 5.15 Å². The van der Waals surface area contributed by atoms with Gasteiger partial charge in [-0.1, -0.05) is 11.6 Å². The number of methoxy groups -OCH3 is 1. The van der Waals surface area contributed by atoms with E-state index in [2.05, 4.69) is 15.5 Å². The van der Waals surface area contributed by atoms with Crippen LogP contribution in [0.2, 0.25) is 5.15 Å². The molecular weight excluding hydrogens is 214 g/mol. The Balaban J connectivity index is 2.07. The maximum atomic E-state index is 5.61. The van der Waals surface area contributed by atoms with Gasteiger partial charge in [-0.15, -0.1) is 10.2 Å². The zero-order valence-corrected chi connectivity index (χ0v) is 9.63. The Morgan fingerprint density at radius 1 is 1.27 bits per heavy atom. The van der Waals surface area contributed by atoms with Gasteiger partial charge in [-0.05, 0) is 31.4 Å². The summed E-state index contributed by atoms with van der Waals surface area (Å²) in [6.07, 6.45) is 3.36. The molecule has 0 amide bonds. The summed E-state index contributed by atoms with van der Waals surface area (Å²) in [6.45, 7) is 1.74. The van der Waals surface area contributed by atoms with Gasteiger partial charge in [0.1, 0.15) is 5.82 Å². The van der Waals surface area contributed by atoms with Gasteiger partial charge in [0.2, 0.25) is 0 Å². The van der Waals surface area contributed by atoms with Gasteiger partial charge in [0.15, 0.2) is 5.15 Å². The van der Waals surface area contributed by atoms with Gasteiger partial charge in [-0.25, -0.2) is 0 Å². The van der Waals surface area contributed by atoms with Crippen LogP contribution in [0.15, 0.2) is 12.1 Å². The summed E-state index contributed by atoms with van der Waals surface area (Å²) in [7, 11) is 1.72. The van der Waals surface area contributed by atoms with Crippen LogP contribution in [-0.4, -0.2) is 30.5 Å². The maximum absolute atomic E-state index is 5.61. The molecular formula is C10H16ClN3O. The number of hydrogen-bond donors (Lipinski definition) is 1. The first-order chi connectivity index (χ1) is 7.33. The van der Waals surface area contributed by atoms with Crippen LogP contribution in [0.4, 0.5) is 5.82 Å². The van der Waals surface area contributed by atoms with Crippen LogP contribution in [0.1, 0.15) is 19.3 Å². The molecule has 0 bridgehead atoms. The van der Waals surface area contributed by atoms with Crippen molar-refractivity contribution < 1.29 is 4.74 Å². The van der Waals surface area contributed by atoms with Crippen molar-refractivity contribution in [1.29, 1.82) is 0 Å². The number of halogens is 1. The fourth-order valence-electron chi connectivity index (χ4n) is 1.17. The Morgan fingerprint density at radius 3 is 2.80 bits per heavy atom.